The SMILES string of the molecule is OCc1cc2c(Br)cccn2c1SC(F)(F)F. The molecular weight excluding hydrogens is 319 g/mol. The Morgan fingerprint density at radius 2 is 2.12 bits per heavy atom. The topological polar surface area (TPSA) is 24.6 Å². The molecule has 0 saturated heterocycles. The molecule has 2 heterocycles. The Labute approximate surface area is 108 Å². The quantitative estimate of drug-likeness (QED) is 0.849. The van der Waals surface area contributed by atoms with Crippen LogP contribution in [-0.2, 0) is 6.61 Å². The van der Waals surface area contributed by atoms with Gasteiger partial charge in [-0.3, -0.25) is 0 Å². The van der Waals surface area contributed by atoms with E-state index in [1.54, 1.807) is 12.1 Å². The van der Waals surface area contributed by atoms with Crippen LogP contribution in [0.1, 0.15) is 5.56 Å². The summed E-state index contributed by atoms with van der Waals surface area (Å²) in [5.41, 5.74) is -3.51. The van der Waals surface area contributed by atoms with Crippen molar-refractivity contribution in [2.75, 3.05) is 0 Å². The molecule has 0 aromatic carbocycles. The van der Waals surface area contributed by atoms with Crippen molar-refractivity contribution in [2.45, 2.75) is 17.1 Å². The van der Waals surface area contributed by atoms with Gasteiger partial charge in [0.25, 0.3) is 0 Å². The Morgan fingerprint density at radius 1 is 1.41 bits per heavy atom. The molecule has 0 aliphatic carbocycles. The average Bonchev–Trinajstić information content (AvgIpc) is 2.56. The van der Waals surface area contributed by atoms with E-state index < -0.39 is 12.1 Å². The molecule has 0 saturated carbocycles. The molecule has 0 aliphatic heterocycles. The molecule has 7 heteroatoms. The van der Waals surface area contributed by atoms with Gasteiger partial charge in [-0.2, -0.15) is 13.2 Å². The predicted octanol–water partition coefficient (Wildman–Crippen LogP) is 3.81. The number of rotatable bonds is 2. The Morgan fingerprint density at radius 3 is 2.71 bits per heavy atom. The van der Waals surface area contributed by atoms with E-state index in [-0.39, 0.29) is 22.4 Å². The summed E-state index contributed by atoms with van der Waals surface area (Å²) in [5, 5.41) is 9.09. The van der Waals surface area contributed by atoms with Crippen LogP contribution in [0.5, 0.6) is 0 Å². The number of pyridine rings is 1. The predicted molar refractivity (Wildman–Crippen MR) is 62.9 cm³/mol. The molecule has 2 aromatic heterocycles. The number of halogens is 4. The van der Waals surface area contributed by atoms with E-state index in [9.17, 15) is 13.2 Å². The van der Waals surface area contributed by atoms with Crippen LogP contribution in [-0.4, -0.2) is 15.0 Å². The molecule has 0 aliphatic rings. The van der Waals surface area contributed by atoms with Gasteiger partial charge in [0.1, 0.15) is 0 Å². The number of hydrogen-bond acceptors (Lipinski definition) is 2. The molecule has 0 radical (unpaired) electrons. The maximum atomic E-state index is 12.4. The maximum Gasteiger partial charge on any atom is 0.447 e. The van der Waals surface area contributed by atoms with Gasteiger partial charge in [-0.05, 0) is 34.1 Å². The summed E-state index contributed by atoms with van der Waals surface area (Å²) in [5.74, 6) is 0. The summed E-state index contributed by atoms with van der Waals surface area (Å²) in [7, 11) is 0. The molecule has 0 amide bonds. The number of thioether (sulfide) groups is 1. The number of fused-ring (bicyclic) bond motifs is 1. The number of aliphatic hydroxyl groups is 1. The highest BCUT2D eigenvalue weighted by molar-refractivity contribution is 9.10. The summed E-state index contributed by atoms with van der Waals surface area (Å²) >= 11 is 3.04. The standard InChI is InChI=1S/C10H7BrF3NOS/c11-7-2-1-3-15-8(7)4-6(5-16)9(15)17-10(12,13)14/h1-4,16H,5H2. The van der Waals surface area contributed by atoms with Crippen molar-refractivity contribution in [2.24, 2.45) is 0 Å². The van der Waals surface area contributed by atoms with Gasteiger partial charge >= 0.3 is 5.51 Å². The number of aliphatic hydroxyl groups excluding tert-OH is 1. The van der Waals surface area contributed by atoms with E-state index >= 15 is 0 Å². The van der Waals surface area contributed by atoms with Crippen LogP contribution < -0.4 is 0 Å². The second-order valence-electron chi connectivity index (χ2n) is 3.29. The molecule has 2 nitrogen and oxygen atoms in total. The summed E-state index contributed by atoms with van der Waals surface area (Å²) in [4.78, 5) is 0. The fraction of sp³-hybridized carbons (Fsp3) is 0.200. The van der Waals surface area contributed by atoms with E-state index in [4.69, 9.17) is 5.11 Å². The van der Waals surface area contributed by atoms with Crippen LogP contribution in [0.2, 0.25) is 0 Å². The van der Waals surface area contributed by atoms with Crippen LogP contribution in [0.3, 0.4) is 0 Å². The summed E-state index contributed by atoms with van der Waals surface area (Å²) < 4.78 is 39.4. The molecular formula is C10H7BrF3NOS. The van der Waals surface area contributed by atoms with Crippen molar-refractivity contribution in [1.82, 2.24) is 4.40 Å². The highest BCUT2D eigenvalue weighted by atomic mass is 79.9. The highest BCUT2D eigenvalue weighted by Crippen LogP contribution is 2.40. The van der Waals surface area contributed by atoms with Gasteiger partial charge in [0.05, 0.1) is 17.1 Å². The zero-order chi connectivity index (χ0) is 12.6. The molecule has 0 bridgehead atoms. The van der Waals surface area contributed by atoms with Gasteiger partial charge in [-0.15, -0.1) is 0 Å². The summed E-state index contributed by atoms with van der Waals surface area (Å²) in [6, 6.07) is 4.91. The third-order valence-electron chi connectivity index (χ3n) is 2.17. The Kier molecular flexibility index (Phi) is 3.42. The zero-order valence-electron chi connectivity index (χ0n) is 8.33. The van der Waals surface area contributed by atoms with E-state index in [1.165, 1.54) is 16.7 Å². The number of nitrogens with zero attached hydrogens (tertiary/aromatic N) is 1. The van der Waals surface area contributed by atoms with Gasteiger partial charge in [0, 0.05) is 28.0 Å². The lowest BCUT2D eigenvalue weighted by Gasteiger charge is -2.08. The van der Waals surface area contributed by atoms with Crippen LogP contribution in [0.25, 0.3) is 5.52 Å². The molecule has 0 spiro atoms. The highest BCUT2D eigenvalue weighted by Gasteiger charge is 2.32. The lowest BCUT2D eigenvalue weighted by Crippen LogP contribution is -2.02. The maximum absolute atomic E-state index is 12.4. The van der Waals surface area contributed by atoms with Crippen molar-refractivity contribution >= 4 is 33.2 Å². The molecule has 2 aromatic rings. The Hall–Kier alpha value is -0.660. The van der Waals surface area contributed by atoms with Crippen molar-refractivity contribution in [3.8, 4) is 0 Å². The number of aromatic nitrogens is 1. The third kappa shape index (κ3) is 2.61. The average molecular weight is 326 g/mol. The number of alkyl halides is 3. The van der Waals surface area contributed by atoms with E-state index in [1.807, 2.05) is 0 Å². The van der Waals surface area contributed by atoms with Crippen LogP contribution in [0.4, 0.5) is 13.2 Å². The normalized spacial score (nSPS) is 12.3. The summed E-state index contributed by atoms with van der Waals surface area (Å²) in [6.45, 7) is -0.424. The van der Waals surface area contributed by atoms with Gasteiger partial charge < -0.3 is 9.51 Å². The van der Waals surface area contributed by atoms with Crippen LogP contribution >= 0.6 is 27.7 Å². The molecule has 0 atom stereocenters. The lowest BCUT2D eigenvalue weighted by molar-refractivity contribution is -0.0330. The van der Waals surface area contributed by atoms with Gasteiger partial charge in [-0.25, -0.2) is 0 Å². The monoisotopic (exact) mass is 325 g/mol. The van der Waals surface area contributed by atoms with E-state index in [0.29, 0.717) is 9.99 Å². The number of hydrogen-bond donors (Lipinski definition) is 1. The van der Waals surface area contributed by atoms with Gasteiger partial charge in [-0.1, -0.05) is 0 Å². The van der Waals surface area contributed by atoms with Crippen molar-refractivity contribution < 1.29 is 18.3 Å². The molecule has 17 heavy (non-hydrogen) atoms. The van der Waals surface area contributed by atoms with Crippen LogP contribution in [0, 0.1) is 0 Å². The second kappa shape index (κ2) is 4.55. The Bertz CT molecular complexity index is 552. The molecule has 0 fully saturated rings. The van der Waals surface area contributed by atoms with E-state index in [2.05, 4.69) is 15.9 Å². The van der Waals surface area contributed by atoms with Gasteiger partial charge in [0.15, 0.2) is 0 Å². The molecule has 92 valence electrons. The first-order chi connectivity index (χ1) is 7.92. The fourth-order valence-corrected chi connectivity index (χ4v) is 2.72. The van der Waals surface area contributed by atoms with Crippen molar-refractivity contribution in [3.05, 3.63) is 34.4 Å². The first-order valence-corrected chi connectivity index (χ1v) is 6.18. The van der Waals surface area contributed by atoms with Crippen LogP contribution in [0.15, 0.2) is 33.9 Å². The second-order valence-corrected chi connectivity index (χ2v) is 5.20. The molecule has 2 rings (SSSR count). The molecule has 1 N–H and O–H groups in total. The minimum atomic E-state index is -4.37. The fourth-order valence-electron chi connectivity index (χ4n) is 1.53. The minimum absolute atomic E-state index is 0.00343. The Balaban J connectivity index is 2.63. The van der Waals surface area contributed by atoms with Crippen molar-refractivity contribution in [1.29, 1.82) is 0 Å². The zero-order valence-corrected chi connectivity index (χ0v) is 10.7. The van der Waals surface area contributed by atoms with Crippen molar-refractivity contribution in [3.63, 3.8) is 0 Å². The summed E-state index contributed by atoms with van der Waals surface area (Å²) in [6.07, 6.45) is 1.54. The molecule has 0 unspecified atom stereocenters. The first kappa shape index (κ1) is 12.8. The van der Waals surface area contributed by atoms with E-state index in [0.717, 1.165) is 0 Å². The smallest absolute Gasteiger partial charge is 0.392 e. The minimum Gasteiger partial charge on any atom is -0.392 e. The largest absolute Gasteiger partial charge is 0.447 e. The lowest BCUT2D eigenvalue weighted by atomic mass is 10.3. The van der Waals surface area contributed by atoms with Gasteiger partial charge in [0.2, 0.25) is 0 Å². The first-order valence-electron chi connectivity index (χ1n) is 4.57. The third-order valence-corrected chi connectivity index (χ3v) is 3.72.